The van der Waals surface area contributed by atoms with Crippen molar-refractivity contribution >= 4 is 33.7 Å². The zero-order valence-corrected chi connectivity index (χ0v) is 11.0. The quantitative estimate of drug-likeness (QED) is 0.501. The smallest absolute Gasteiger partial charge is 0.417 e. The third-order valence-corrected chi connectivity index (χ3v) is 2.86. The second-order valence-corrected chi connectivity index (χ2v) is 5.46. The topological polar surface area (TPSA) is 63.7 Å². The number of halogens is 1. The number of piperidine rings is 1. The number of carbonyl (C=O) groups is 3. The fourth-order valence-corrected chi connectivity index (χ4v) is 1.71. The molecule has 90 valence electrons. The van der Waals surface area contributed by atoms with Gasteiger partial charge in [0.1, 0.15) is 5.60 Å². The maximum absolute atomic E-state index is 11.6. The number of nitrogens with zero attached hydrogens (tertiary/aromatic N) is 1. The predicted octanol–water partition coefficient (Wildman–Crippen LogP) is 1.49. The number of hydrogen-bond donors (Lipinski definition) is 0. The molecule has 1 rings (SSSR count). The van der Waals surface area contributed by atoms with Crippen molar-refractivity contribution in [3.05, 3.63) is 0 Å². The summed E-state index contributed by atoms with van der Waals surface area (Å²) in [7, 11) is 0. The van der Waals surface area contributed by atoms with Gasteiger partial charge in [0.25, 0.3) is 5.91 Å². The molecule has 0 aromatic rings. The summed E-state index contributed by atoms with van der Waals surface area (Å²) in [4.78, 5) is 34.5. The van der Waals surface area contributed by atoms with Gasteiger partial charge in [-0.05, 0) is 20.8 Å². The van der Waals surface area contributed by atoms with Crippen molar-refractivity contribution < 1.29 is 19.1 Å². The van der Waals surface area contributed by atoms with E-state index in [0.29, 0.717) is 0 Å². The largest absolute Gasteiger partial charge is 0.443 e. The third kappa shape index (κ3) is 3.04. The van der Waals surface area contributed by atoms with E-state index in [9.17, 15) is 14.4 Å². The number of Topliss-reactive ketones (excluding diaryl/α,β-unsaturated/α-hetero) is 1. The molecule has 0 unspecified atom stereocenters. The number of alkyl halides is 1. The Kier molecular flexibility index (Phi) is 3.72. The van der Waals surface area contributed by atoms with E-state index in [2.05, 4.69) is 15.9 Å². The first-order chi connectivity index (χ1) is 7.22. The normalized spacial score (nSPS) is 22.2. The van der Waals surface area contributed by atoms with E-state index in [1.165, 1.54) is 0 Å². The highest BCUT2D eigenvalue weighted by molar-refractivity contribution is 9.10. The van der Waals surface area contributed by atoms with Crippen LogP contribution in [0.3, 0.4) is 0 Å². The first-order valence-corrected chi connectivity index (χ1v) is 5.85. The fraction of sp³-hybridized carbons (Fsp3) is 0.700. The molecular weight excluding hydrogens is 278 g/mol. The molecule has 1 heterocycles. The molecule has 0 aromatic heterocycles. The van der Waals surface area contributed by atoms with Crippen molar-refractivity contribution in [3.8, 4) is 0 Å². The average molecular weight is 292 g/mol. The second kappa shape index (κ2) is 4.53. The van der Waals surface area contributed by atoms with Crippen molar-refractivity contribution in [3.63, 3.8) is 0 Å². The van der Waals surface area contributed by atoms with Gasteiger partial charge in [-0.15, -0.1) is 0 Å². The van der Waals surface area contributed by atoms with E-state index in [0.717, 1.165) is 4.90 Å². The number of ketones is 1. The minimum Gasteiger partial charge on any atom is -0.443 e. The van der Waals surface area contributed by atoms with Crippen LogP contribution in [-0.4, -0.2) is 39.7 Å². The Morgan fingerprint density at radius 3 is 2.50 bits per heavy atom. The van der Waals surface area contributed by atoms with Gasteiger partial charge >= 0.3 is 6.09 Å². The number of likely N-dealkylation sites (tertiary alicyclic amines) is 1. The summed E-state index contributed by atoms with van der Waals surface area (Å²) in [5.74, 6) is -0.754. The first kappa shape index (κ1) is 13.2. The van der Waals surface area contributed by atoms with Gasteiger partial charge in [-0.25, -0.2) is 9.69 Å². The highest BCUT2D eigenvalue weighted by Crippen LogP contribution is 2.18. The molecule has 1 saturated heterocycles. The maximum Gasteiger partial charge on any atom is 0.417 e. The molecule has 6 heteroatoms. The zero-order valence-electron chi connectivity index (χ0n) is 9.45. The molecule has 1 fully saturated rings. The molecule has 0 aliphatic carbocycles. The lowest BCUT2D eigenvalue weighted by Gasteiger charge is -2.29. The predicted molar refractivity (Wildman–Crippen MR) is 60.3 cm³/mol. The van der Waals surface area contributed by atoms with E-state index in [-0.39, 0.29) is 18.7 Å². The molecule has 0 spiro atoms. The molecule has 16 heavy (non-hydrogen) atoms. The summed E-state index contributed by atoms with van der Waals surface area (Å²) < 4.78 is 5.07. The van der Waals surface area contributed by atoms with E-state index in [1.807, 2.05) is 0 Å². The Hall–Kier alpha value is -0.910. The summed E-state index contributed by atoms with van der Waals surface area (Å²) in [6.07, 6.45) is -0.532. The van der Waals surface area contributed by atoms with Crippen LogP contribution in [0.15, 0.2) is 0 Å². The molecule has 1 aliphatic heterocycles. The molecule has 0 N–H and O–H groups in total. The SMILES string of the molecule is CC(C)(C)OC(=O)N1CCC(=O)[C@H](Br)C1=O. The second-order valence-electron chi connectivity index (χ2n) is 4.55. The average Bonchev–Trinajstić information content (AvgIpc) is 2.11. The van der Waals surface area contributed by atoms with Gasteiger partial charge in [0, 0.05) is 13.0 Å². The minimum atomic E-state index is -0.922. The first-order valence-electron chi connectivity index (χ1n) is 4.93. The van der Waals surface area contributed by atoms with Crippen LogP contribution in [0.25, 0.3) is 0 Å². The fourth-order valence-electron chi connectivity index (χ4n) is 1.23. The van der Waals surface area contributed by atoms with E-state index in [4.69, 9.17) is 4.74 Å². The van der Waals surface area contributed by atoms with E-state index < -0.39 is 22.4 Å². The van der Waals surface area contributed by atoms with Crippen molar-refractivity contribution in [2.45, 2.75) is 37.6 Å². The van der Waals surface area contributed by atoms with E-state index >= 15 is 0 Å². The van der Waals surface area contributed by atoms with Gasteiger partial charge in [0.2, 0.25) is 0 Å². The van der Waals surface area contributed by atoms with Crippen molar-refractivity contribution in [2.24, 2.45) is 0 Å². The lowest BCUT2D eigenvalue weighted by atomic mass is 10.1. The lowest BCUT2D eigenvalue weighted by Crippen LogP contribution is -2.50. The number of rotatable bonds is 0. The lowest BCUT2D eigenvalue weighted by molar-refractivity contribution is -0.137. The summed E-state index contributed by atoms with van der Waals surface area (Å²) in [5.41, 5.74) is -0.652. The van der Waals surface area contributed by atoms with Crippen LogP contribution in [0.1, 0.15) is 27.2 Å². The van der Waals surface area contributed by atoms with Gasteiger partial charge in [0.05, 0.1) is 0 Å². The third-order valence-electron chi connectivity index (χ3n) is 1.96. The summed E-state index contributed by atoms with van der Waals surface area (Å²) in [6, 6.07) is 0. The highest BCUT2D eigenvalue weighted by Gasteiger charge is 2.38. The number of amides is 2. The molecule has 0 radical (unpaired) electrons. The van der Waals surface area contributed by atoms with E-state index in [1.54, 1.807) is 20.8 Å². The standard InChI is InChI=1S/C10H14BrNO4/c1-10(2,3)16-9(15)12-5-4-6(13)7(11)8(12)14/h7H,4-5H2,1-3H3/t7-/m0/s1. The summed E-state index contributed by atoms with van der Waals surface area (Å²) >= 11 is 2.96. The van der Waals surface area contributed by atoms with Gasteiger partial charge in [0.15, 0.2) is 10.6 Å². The monoisotopic (exact) mass is 291 g/mol. The zero-order chi connectivity index (χ0) is 12.5. The number of imide groups is 1. The van der Waals surface area contributed by atoms with Crippen LogP contribution >= 0.6 is 15.9 Å². The van der Waals surface area contributed by atoms with Gasteiger partial charge < -0.3 is 4.74 Å². The molecule has 0 bridgehead atoms. The van der Waals surface area contributed by atoms with Crippen LogP contribution in [0.5, 0.6) is 0 Å². The Bertz CT molecular complexity index is 334. The van der Waals surface area contributed by atoms with Crippen molar-refractivity contribution in [2.75, 3.05) is 6.54 Å². The van der Waals surface area contributed by atoms with Crippen molar-refractivity contribution in [1.29, 1.82) is 0 Å². The minimum absolute atomic E-state index is 0.0919. The molecular formula is C10H14BrNO4. The van der Waals surface area contributed by atoms with Crippen LogP contribution < -0.4 is 0 Å². The van der Waals surface area contributed by atoms with Crippen LogP contribution in [0.4, 0.5) is 4.79 Å². The molecule has 2 amide bonds. The number of carbonyl (C=O) groups excluding carboxylic acids is 3. The van der Waals surface area contributed by atoms with Crippen molar-refractivity contribution in [1.82, 2.24) is 4.90 Å². The Morgan fingerprint density at radius 2 is 2.00 bits per heavy atom. The number of hydrogen-bond acceptors (Lipinski definition) is 4. The van der Waals surface area contributed by atoms with Crippen LogP contribution in [-0.2, 0) is 14.3 Å². The molecule has 1 atom stereocenters. The van der Waals surface area contributed by atoms with Crippen LogP contribution in [0.2, 0.25) is 0 Å². The molecule has 1 aliphatic rings. The van der Waals surface area contributed by atoms with Gasteiger partial charge in [-0.2, -0.15) is 0 Å². The Labute approximate surface area is 102 Å². The van der Waals surface area contributed by atoms with Gasteiger partial charge in [-0.1, -0.05) is 15.9 Å². The Morgan fingerprint density at radius 1 is 1.44 bits per heavy atom. The van der Waals surface area contributed by atoms with Gasteiger partial charge in [-0.3, -0.25) is 9.59 Å². The number of ether oxygens (including phenoxy) is 1. The Balaban J connectivity index is 2.71. The highest BCUT2D eigenvalue weighted by atomic mass is 79.9. The maximum atomic E-state index is 11.6. The summed E-state index contributed by atoms with van der Waals surface area (Å²) in [6.45, 7) is 5.25. The molecule has 0 aromatic carbocycles. The summed E-state index contributed by atoms with van der Waals surface area (Å²) in [5, 5.41) is 0. The molecule has 0 saturated carbocycles. The molecule has 5 nitrogen and oxygen atoms in total. The van der Waals surface area contributed by atoms with Crippen LogP contribution in [0, 0.1) is 0 Å².